The van der Waals surface area contributed by atoms with Gasteiger partial charge in [-0.3, -0.25) is 0 Å². The molecule has 1 aliphatic rings. The van der Waals surface area contributed by atoms with Crippen LogP contribution in [-0.4, -0.2) is 11.2 Å². The molecule has 0 spiro atoms. The number of hydrogen-bond donors (Lipinski definition) is 1. The molecule has 1 N–H and O–H groups in total. The van der Waals surface area contributed by atoms with Crippen LogP contribution in [0.15, 0.2) is 18.2 Å². The fourth-order valence-corrected chi connectivity index (χ4v) is 1.55. The zero-order valence-corrected chi connectivity index (χ0v) is 7.12. The van der Waals surface area contributed by atoms with Gasteiger partial charge in [0, 0.05) is 0 Å². The third kappa shape index (κ3) is 1.28. The molecule has 1 atom stereocenters. The van der Waals surface area contributed by atoms with E-state index in [1.165, 1.54) is 10.8 Å². The normalized spacial score (nSPS) is 20.7. The number of fused-ring (bicyclic) bond motifs is 1. The summed E-state index contributed by atoms with van der Waals surface area (Å²) in [5.74, 6) is 0. The van der Waals surface area contributed by atoms with Gasteiger partial charge < -0.3 is 5.11 Å². The molecule has 0 aliphatic heterocycles. The van der Waals surface area contributed by atoms with Crippen LogP contribution >= 0.6 is 0 Å². The van der Waals surface area contributed by atoms with Gasteiger partial charge in [0.05, 0.1) is 6.10 Å². The fraction of sp³-hybridized carbons (Fsp3) is 0.273. The van der Waals surface area contributed by atoms with Gasteiger partial charge in [0.15, 0.2) is 0 Å². The maximum absolute atomic E-state index is 9.36. The molecule has 12 heavy (non-hydrogen) atoms. The minimum absolute atomic E-state index is 0.292. The topological polar surface area (TPSA) is 20.2 Å². The predicted molar refractivity (Wildman–Crippen MR) is 50.0 cm³/mol. The van der Waals surface area contributed by atoms with Crippen molar-refractivity contribution in [1.82, 2.24) is 0 Å². The molecule has 0 fully saturated rings. The Morgan fingerprint density at radius 3 is 3.00 bits per heavy atom. The quantitative estimate of drug-likeness (QED) is 0.579. The summed E-state index contributed by atoms with van der Waals surface area (Å²) in [6.45, 7) is 2.06. The van der Waals surface area contributed by atoms with Crippen molar-refractivity contribution in [3.8, 4) is 0 Å². The first-order valence-electron chi connectivity index (χ1n) is 4.22. The van der Waals surface area contributed by atoms with Crippen molar-refractivity contribution >= 4 is 12.2 Å². The van der Waals surface area contributed by atoms with Crippen LogP contribution < -0.4 is 10.4 Å². The first kappa shape index (κ1) is 7.56. The molecule has 0 saturated carbocycles. The summed E-state index contributed by atoms with van der Waals surface area (Å²) < 4.78 is 0. The zero-order valence-electron chi connectivity index (χ0n) is 7.12. The van der Waals surface area contributed by atoms with Crippen LogP contribution in [0.2, 0.25) is 0 Å². The van der Waals surface area contributed by atoms with Gasteiger partial charge in [-0.2, -0.15) is 0 Å². The Morgan fingerprint density at radius 2 is 2.17 bits per heavy atom. The molecule has 62 valence electrons. The highest BCUT2D eigenvalue weighted by Gasteiger charge is 2.01. The van der Waals surface area contributed by atoms with Crippen LogP contribution in [0.5, 0.6) is 0 Å². The summed E-state index contributed by atoms with van der Waals surface area (Å²) in [5.41, 5.74) is 1.24. The van der Waals surface area contributed by atoms with Crippen LogP contribution in [0, 0.1) is 6.92 Å². The number of benzene rings is 1. The van der Waals surface area contributed by atoms with Crippen LogP contribution in [0.25, 0.3) is 12.2 Å². The van der Waals surface area contributed by atoms with Crippen molar-refractivity contribution in [2.75, 3.05) is 0 Å². The molecule has 1 aromatic carbocycles. The Balaban J connectivity index is 2.72. The van der Waals surface area contributed by atoms with E-state index in [1.807, 2.05) is 6.08 Å². The molecule has 0 aromatic heterocycles. The molecule has 1 aromatic rings. The maximum Gasteiger partial charge on any atom is 0.0764 e. The van der Waals surface area contributed by atoms with Crippen LogP contribution in [0.4, 0.5) is 0 Å². The van der Waals surface area contributed by atoms with E-state index in [4.69, 9.17) is 0 Å². The zero-order chi connectivity index (χ0) is 8.55. The van der Waals surface area contributed by atoms with Crippen LogP contribution in [0.1, 0.15) is 12.0 Å². The van der Waals surface area contributed by atoms with Gasteiger partial charge >= 0.3 is 0 Å². The molecule has 0 heterocycles. The van der Waals surface area contributed by atoms with Gasteiger partial charge in [0.2, 0.25) is 0 Å². The Kier molecular flexibility index (Phi) is 1.74. The van der Waals surface area contributed by atoms with Gasteiger partial charge in [0.25, 0.3) is 0 Å². The number of aliphatic hydroxyl groups is 1. The van der Waals surface area contributed by atoms with E-state index in [0.29, 0.717) is 0 Å². The minimum atomic E-state index is -0.292. The average Bonchev–Trinajstić information content (AvgIpc) is 2.03. The molecule has 1 aliphatic carbocycles. The number of hydrogen-bond acceptors (Lipinski definition) is 1. The molecule has 0 saturated heterocycles. The highest BCUT2D eigenvalue weighted by atomic mass is 16.3. The van der Waals surface area contributed by atoms with Crippen LogP contribution in [-0.2, 0) is 0 Å². The van der Waals surface area contributed by atoms with E-state index in [1.54, 1.807) is 0 Å². The van der Waals surface area contributed by atoms with Crippen molar-refractivity contribution < 1.29 is 5.11 Å². The lowest BCUT2D eigenvalue weighted by atomic mass is 10.0. The smallest absolute Gasteiger partial charge is 0.0764 e. The molecule has 1 unspecified atom stereocenters. The molecule has 0 amide bonds. The molecule has 1 heteroatoms. The summed E-state index contributed by atoms with van der Waals surface area (Å²) in [6, 6.07) is 6.31. The van der Waals surface area contributed by atoms with E-state index in [2.05, 4.69) is 31.2 Å². The maximum atomic E-state index is 9.36. The third-order valence-electron chi connectivity index (χ3n) is 2.19. The number of aryl methyl sites for hydroxylation is 1. The summed E-state index contributed by atoms with van der Waals surface area (Å²) >= 11 is 0. The lowest BCUT2D eigenvalue weighted by molar-refractivity contribution is 0.244. The Labute approximate surface area is 71.7 Å². The third-order valence-corrected chi connectivity index (χ3v) is 2.19. The molecule has 0 bridgehead atoms. The molecular formula is C11H12O. The Hall–Kier alpha value is -1.08. The van der Waals surface area contributed by atoms with E-state index in [-0.39, 0.29) is 6.10 Å². The van der Waals surface area contributed by atoms with Crippen LogP contribution in [0.3, 0.4) is 0 Å². The second-order valence-electron chi connectivity index (χ2n) is 3.31. The van der Waals surface area contributed by atoms with Gasteiger partial charge in [-0.25, -0.2) is 0 Å². The van der Waals surface area contributed by atoms with E-state index >= 15 is 0 Å². The summed E-state index contributed by atoms with van der Waals surface area (Å²) in [7, 11) is 0. The molecule has 1 nitrogen and oxygen atoms in total. The Morgan fingerprint density at radius 1 is 1.33 bits per heavy atom. The van der Waals surface area contributed by atoms with Crippen molar-refractivity contribution in [2.24, 2.45) is 0 Å². The minimum Gasteiger partial charge on any atom is -0.389 e. The van der Waals surface area contributed by atoms with Gasteiger partial charge in [-0.15, -0.1) is 0 Å². The van der Waals surface area contributed by atoms with Gasteiger partial charge in [-0.05, 0) is 29.9 Å². The second-order valence-corrected chi connectivity index (χ2v) is 3.31. The lowest BCUT2D eigenvalue weighted by Crippen LogP contribution is -2.30. The van der Waals surface area contributed by atoms with Crippen molar-refractivity contribution in [2.45, 2.75) is 19.4 Å². The average molecular weight is 160 g/mol. The first-order valence-corrected chi connectivity index (χ1v) is 4.22. The summed E-state index contributed by atoms with van der Waals surface area (Å²) in [6.07, 6.45) is 4.46. The molecule has 0 radical (unpaired) electrons. The monoisotopic (exact) mass is 160 g/mol. The van der Waals surface area contributed by atoms with E-state index in [9.17, 15) is 5.11 Å². The Bertz CT molecular complexity index is 404. The summed E-state index contributed by atoms with van der Waals surface area (Å²) in [5, 5.41) is 11.8. The van der Waals surface area contributed by atoms with Crippen molar-refractivity contribution in [3.63, 3.8) is 0 Å². The highest BCUT2D eigenvalue weighted by Crippen LogP contribution is 1.98. The molecule has 2 rings (SSSR count). The van der Waals surface area contributed by atoms with Gasteiger partial charge in [-0.1, -0.05) is 29.8 Å². The van der Waals surface area contributed by atoms with Gasteiger partial charge in [0.1, 0.15) is 0 Å². The lowest BCUT2D eigenvalue weighted by Gasteiger charge is -2.06. The predicted octanol–water partition coefficient (Wildman–Crippen LogP) is 0.321. The highest BCUT2D eigenvalue weighted by molar-refractivity contribution is 5.42. The second kappa shape index (κ2) is 2.76. The largest absolute Gasteiger partial charge is 0.389 e. The summed E-state index contributed by atoms with van der Waals surface area (Å²) in [4.78, 5) is 0. The van der Waals surface area contributed by atoms with E-state index < -0.39 is 0 Å². The molecular weight excluding hydrogens is 148 g/mol. The number of aliphatic hydroxyl groups excluding tert-OH is 1. The number of rotatable bonds is 0. The van der Waals surface area contributed by atoms with E-state index in [0.717, 1.165) is 11.6 Å². The van der Waals surface area contributed by atoms with Crippen molar-refractivity contribution in [3.05, 3.63) is 34.2 Å². The SMILES string of the molecule is Cc1ccc2c(c1)=CC(O)CC=2. The first-order chi connectivity index (χ1) is 5.75. The fourth-order valence-electron chi connectivity index (χ4n) is 1.55. The van der Waals surface area contributed by atoms with Crippen molar-refractivity contribution in [1.29, 1.82) is 0 Å². The standard InChI is InChI=1S/C11H12O/c1-8-2-3-9-4-5-11(12)7-10(9)6-8/h2-4,6-7,11-12H,5H2,1H3.